The number of aryl methyl sites for hydroxylation is 1. The van der Waals surface area contributed by atoms with Crippen LogP contribution in [0.4, 0.5) is 5.69 Å². The van der Waals surface area contributed by atoms with Gasteiger partial charge in [-0.3, -0.25) is 4.79 Å². The number of benzene rings is 2. The summed E-state index contributed by atoms with van der Waals surface area (Å²) in [5.74, 6) is 0.469. The van der Waals surface area contributed by atoms with Gasteiger partial charge in [0.15, 0.2) is 17.2 Å². The number of hydrogen-bond donors (Lipinski definition) is 1. The third-order valence-corrected chi connectivity index (χ3v) is 4.08. The Hall–Kier alpha value is -3.35. The topological polar surface area (TPSA) is 85.4 Å². The third kappa shape index (κ3) is 2.59. The summed E-state index contributed by atoms with van der Waals surface area (Å²) in [6, 6.07) is 14.5. The molecule has 1 amide bonds. The Labute approximate surface area is 143 Å². The van der Waals surface area contributed by atoms with Gasteiger partial charge in [0.1, 0.15) is 6.61 Å². The SMILES string of the molecule is Cn1c(O)c(N=NC(=O)[C@@H]2COc3ccccc3O2)c2ccccc21. The molecule has 0 radical (unpaired) electrons. The number of amides is 1. The van der Waals surface area contributed by atoms with Crippen molar-refractivity contribution in [2.45, 2.75) is 6.10 Å². The van der Waals surface area contributed by atoms with Gasteiger partial charge in [0.25, 0.3) is 0 Å². The molecule has 2 aromatic carbocycles. The molecule has 7 heteroatoms. The number of ether oxygens (including phenoxy) is 2. The first kappa shape index (κ1) is 15.2. The van der Waals surface area contributed by atoms with Crippen LogP contribution in [0.5, 0.6) is 17.4 Å². The predicted molar refractivity (Wildman–Crippen MR) is 90.5 cm³/mol. The number of nitrogens with zero attached hydrogens (tertiary/aromatic N) is 3. The summed E-state index contributed by atoms with van der Waals surface area (Å²) >= 11 is 0. The van der Waals surface area contributed by atoms with Crippen molar-refractivity contribution in [3.63, 3.8) is 0 Å². The monoisotopic (exact) mass is 337 g/mol. The van der Waals surface area contributed by atoms with Crippen molar-refractivity contribution >= 4 is 22.5 Å². The molecule has 1 aliphatic heterocycles. The Kier molecular flexibility index (Phi) is 3.61. The van der Waals surface area contributed by atoms with E-state index < -0.39 is 12.0 Å². The fourth-order valence-electron chi connectivity index (χ4n) is 2.76. The molecule has 1 N–H and O–H groups in total. The van der Waals surface area contributed by atoms with Gasteiger partial charge in [0.05, 0.1) is 5.52 Å². The molecular formula is C18H15N3O4. The summed E-state index contributed by atoms with van der Waals surface area (Å²) < 4.78 is 12.7. The van der Waals surface area contributed by atoms with Crippen molar-refractivity contribution in [2.75, 3.05) is 6.61 Å². The molecule has 2 heterocycles. The third-order valence-electron chi connectivity index (χ3n) is 4.08. The average Bonchev–Trinajstić information content (AvgIpc) is 2.90. The molecule has 1 aromatic heterocycles. The number of para-hydroxylation sites is 3. The molecule has 0 bridgehead atoms. The zero-order valence-electron chi connectivity index (χ0n) is 13.4. The number of aromatic hydroxyl groups is 1. The van der Waals surface area contributed by atoms with Gasteiger partial charge in [0, 0.05) is 12.4 Å². The minimum Gasteiger partial charge on any atom is -0.493 e. The van der Waals surface area contributed by atoms with Gasteiger partial charge in [-0.15, -0.1) is 10.2 Å². The minimum atomic E-state index is -0.865. The van der Waals surface area contributed by atoms with Crippen LogP contribution in [0.2, 0.25) is 0 Å². The lowest BCUT2D eigenvalue weighted by atomic mass is 10.2. The van der Waals surface area contributed by atoms with Gasteiger partial charge in [-0.2, -0.15) is 0 Å². The maximum absolute atomic E-state index is 12.3. The maximum Gasteiger partial charge on any atom is 0.308 e. The van der Waals surface area contributed by atoms with Crippen LogP contribution in [-0.2, 0) is 11.8 Å². The second-order valence-corrected chi connectivity index (χ2v) is 5.65. The molecular weight excluding hydrogens is 322 g/mol. The van der Waals surface area contributed by atoms with E-state index in [2.05, 4.69) is 10.2 Å². The van der Waals surface area contributed by atoms with Crippen LogP contribution in [0.1, 0.15) is 0 Å². The van der Waals surface area contributed by atoms with Crippen LogP contribution in [0.25, 0.3) is 10.9 Å². The Balaban J connectivity index is 1.59. The second kappa shape index (κ2) is 5.94. The highest BCUT2D eigenvalue weighted by molar-refractivity contribution is 5.95. The zero-order chi connectivity index (χ0) is 17.4. The van der Waals surface area contributed by atoms with Crippen LogP contribution < -0.4 is 9.47 Å². The van der Waals surface area contributed by atoms with Crippen molar-refractivity contribution < 1.29 is 19.4 Å². The van der Waals surface area contributed by atoms with Crippen LogP contribution in [0, 0.1) is 0 Å². The molecule has 1 atom stereocenters. The molecule has 3 aromatic rings. The molecule has 0 unspecified atom stereocenters. The van der Waals surface area contributed by atoms with Crippen LogP contribution >= 0.6 is 0 Å². The molecule has 126 valence electrons. The Morgan fingerprint density at radius 1 is 1.16 bits per heavy atom. The first-order valence-electron chi connectivity index (χ1n) is 7.75. The number of carbonyl (C=O) groups excluding carboxylic acids is 1. The molecule has 0 saturated heterocycles. The zero-order valence-corrected chi connectivity index (χ0v) is 13.4. The predicted octanol–water partition coefficient (Wildman–Crippen LogP) is 3.33. The summed E-state index contributed by atoms with van der Waals surface area (Å²) in [6.45, 7) is 0.0659. The van der Waals surface area contributed by atoms with Gasteiger partial charge in [-0.05, 0) is 18.2 Å². The number of carbonyl (C=O) groups is 1. The van der Waals surface area contributed by atoms with Crippen molar-refractivity contribution in [2.24, 2.45) is 17.3 Å². The number of rotatable bonds is 2. The van der Waals surface area contributed by atoms with E-state index >= 15 is 0 Å². The standard InChI is InChI=1S/C18H15N3O4/c1-21-12-7-3-2-6-11(12)16(18(21)23)19-20-17(22)15-10-24-13-8-4-5-9-14(13)25-15/h2-9,15,23H,10H2,1H3/t15-/m0/s1. The van der Waals surface area contributed by atoms with Crippen molar-refractivity contribution in [1.29, 1.82) is 0 Å². The lowest BCUT2D eigenvalue weighted by molar-refractivity contribution is -0.127. The van der Waals surface area contributed by atoms with E-state index in [1.165, 1.54) is 0 Å². The summed E-state index contributed by atoms with van der Waals surface area (Å²) in [5.41, 5.74) is 1.05. The Bertz CT molecular complexity index is 993. The largest absolute Gasteiger partial charge is 0.493 e. The summed E-state index contributed by atoms with van der Waals surface area (Å²) in [4.78, 5) is 12.3. The quantitative estimate of drug-likeness (QED) is 0.727. The van der Waals surface area contributed by atoms with Crippen molar-refractivity contribution in [3.8, 4) is 17.4 Å². The van der Waals surface area contributed by atoms with Crippen molar-refractivity contribution in [1.82, 2.24) is 4.57 Å². The van der Waals surface area contributed by atoms with E-state index in [9.17, 15) is 9.90 Å². The Morgan fingerprint density at radius 3 is 2.72 bits per heavy atom. The molecule has 0 spiro atoms. The van der Waals surface area contributed by atoms with Gasteiger partial charge in [0.2, 0.25) is 12.0 Å². The van der Waals surface area contributed by atoms with Gasteiger partial charge >= 0.3 is 5.91 Å². The smallest absolute Gasteiger partial charge is 0.308 e. The van der Waals surface area contributed by atoms with Gasteiger partial charge in [-0.1, -0.05) is 30.3 Å². The molecule has 25 heavy (non-hydrogen) atoms. The molecule has 7 nitrogen and oxygen atoms in total. The maximum atomic E-state index is 12.3. The highest BCUT2D eigenvalue weighted by atomic mass is 16.6. The molecule has 0 aliphatic carbocycles. The second-order valence-electron chi connectivity index (χ2n) is 5.65. The average molecular weight is 337 g/mol. The van der Waals surface area contributed by atoms with E-state index in [1.54, 1.807) is 29.8 Å². The number of aromatic nitrogens is 1. The fraction of sp³-hybridized carbons (Fsp3) is 0.167. The van der Waals surface area contributed by atoms with Crippen molar-refractivity contribution in [3.05, 3.63) is 48.5 Å². The molecule has 1 aliphatic rings. The van der Waals surface area contributed by atoms with Crippen LogP contribution in [0.3, 0.4) is 0 Å². The first-order chi connectivity index (χ1) is 12.1. The first-order valence-corrected chi connectivity index (χ1v) is 7.75. The number of azo groups is 1. The minimum absolute atomic E-state index is 0.0519. The van der Waals surface area contributed by atoms with Crippen LogP contribution in [0.15, 0.2) is 58.8 Å². The lowest BCUT2D eigenvalue weighted by Crippen LogP contribution is -2.35. The molecule has 0 saturated carbocycles. The normalized spacial score (nSPS) is 16.4. The van der Waals surface area contributed by atoms with Gasteiger partial charge < -0.3 is 19.1 Å². The lowest BCUT2D eigenvalue weighted by Gasteiger charge is -2.23. The van der Waals surface area contributed by atoms with E-state index in [0.29, 0.717) is 16.9 Å². The molecule has 0 fully saturated rings. The van der Waals surface area contributed by atoms with E-state index in [0.717, 1.165) is 5.52 Å². The fourth-order valence-corrected chi connectivity index (χ4v) is 2.76. The highest BCUT2D eigenvalue weighted by Gasteiger charge is 2.27. The summed E-state index contributed by atoms with van der Waals surface area (Å²) in [6.07, 6.45) is -0.865. The van der Waals surface area contributed by atoms with Crippen LogP contribution in [-0.4, -0.2) is 28.3 Å². The highest BCUT2D eigenvalue weighted by Crippen LogP contribution is 2.38. The Morgan fingerprint density at radius 2 is 1.88 bits per heavy atom. The molecule has 4 rings (SSSR count). The summed E-state index contributed by atoms with van der Waals surface area (Å²) in [5, 5.41) is 18.6. The number of hydrogen-bond acceptors (Lipinski definition) is 5. The number of fused-ring (bicyclic) bond motifs is 2. The van der Waals surface area contributed by atoms with E-state index in [4.69, 9.17) is 9.47 Å². The van der Waals surface area contributed by atoms with Gasteiger partial charge in [-0.25, -0.2) is 0 Å². The summed E-state index contributed by atoms with van der Waals surface area (Å²) in [7, 11) is 1.72. The van der Waals surface area contributed by atoms with E-state index in [-0.39, 0.29) is 18.2 Å². The van der Waals surface area contributed by atoms with E-state index in [1.807, 2.05) is 30.3 Å².